The van der Waals surface area contributed by atoms with E-state index < -0.39 is 0 Å². The second-order valence-corrected chi connectivity index (χ2v) is 7.57. The van der Waals surface area contributed by atoms with Gasteiger partial charge < -0.3 is 10.2 Å². The highest BCUT2D eigenvalue weighted by atomic mass is 32.1. The van der Waals surface area contributed by atoms with Crippen molar-refractivity contribution in [3.8, 4) is 0 Å². The van der Waals surface area contributed by atoms with Crippen molar-refractivity contribution >= 4 is 16.5 Å². The molecule has 1 aliphatic heterocycles. The summed E-state index contributed by atoms with van der Waals surface area (Å²) < 4.78 is 0. The fourth-order valence-electron chi connectivity index (χ4n) is 3.09. The van der Waals surface area contributed by atoms with Crippen LogP contribution in [0.25, 0.3) is 0 Å². The van der Waals surface area contributed by atoms with Crippen molar-refractivity contribution in [3.05, 3.63) is 10.6 Å². The Kier molecular flexibility index (Phi) is 4.32. The molecule has 20 heavy (non-hydrogen) atoms. The highest BCUT2D eigenvalue weighted by Crippen LogP contribution is 2.35. The number of nitrogens with one attached hydrogen (secondary N) is 1. The van der Waals surface area contributed by atoms with E-state index in [1.165, 1.54) is 54.4 Å². The van der Waals surface area contributed by atoms with E-state index in [2.05, 4.69) is 31.0 Å². The van der Waals surface area contributed by atoms with Crippen molar-refractivity contribution in [1.82, 2.24) is 10.3 Å². The summed E-state index contributed by atoms with van der Waals surface area (Å²) in [5.41, 5.74) is 1.32. The fourth-order valence-corrected chi connectivity index (χ4v) is 4.35. The number of anilines is 1. The van der Waals surface area contributed by atoms with Gasteiger partial charge in [-0.25, -0.2) is 4.98 Å². The van der Waals surface area contributed by atoms with E-state index >= 15 is 0 Å². The SMILES string of the molecule is CCC1CCCN1c1nc(C(C)C)c(CNC2CC2)s1. The van der Waals surface area contributed by atoms with Crippen LogP contribution in [0.4, 0.5) is 5.13 Å². The molecule has 0 spiro atoms. The molecule has 1 aliphatic carbocycles. The summed E-state index contributed by atoms with van der Waals surface area (Å²) in [6.07, 6.45) is 6.61. The van der Waals surface area contributed by atoms with E-state index in [1.54, 1.807) is 0 Å². The lowest BCUT2D eigenvalue weighted by Gasteiger charge is -2.22. The quantitative estimate of drug-likeness (QED) is 0.862. The Bertz CT molecular complexity index is 451. The average molecular weight is 293 g/mol. The summed E-state index contributed by atoms with van der Waals surface area (Å²) in [6.45, 7) is 9.04. The van der Waals surface area contributed by atoms with Gasteiger partial charge in [-0.05, 0) is 38.0 Å². The highest BCUT2D eigenvalue weighted by Gasteiger charge is 2.28. The van der Waals surface area contributed by atoms with Gasteiger partial charge in [0, 0.05) is 30.1 Å². The molecule has 0 amide bonds. The Morgan fingerprint density at radius 3 is 2.80 bits per heavy atom. The summed E-state index contributed by atoms with van der Waals surface area (Å²) in [5.74, 6) is 0.527. The first kappa shape index (κ1) is 14.3. The van der Waals surface area contributed by atoms with Crippen LogP contribution in [0, 0.1) is 0 Å². The lowest BCUT2D eigenvalue weighted by atomic mass is 10.1. The van der Waals surface area contributed by atoms with E-state index in [-0.39, 0.29) is 0 Å². The van der Waals surface area contributed by atoms with Crippen molar-refractivity contribution < 1.29 is 0 Å². The van der Waals surface area contributed by atoms with Gasteiger partial charge >= 0.3 is 0 Å². The summed E-state index contributed by atoms with van der Waals surface area (Å²) in [5, 5.41) is 4.92. The van der Waals surface area contributed by atoms with Gasteiger partial charge in [-0.3, -0.25) is 0 Å². The van der Waals surface area contributed by atoms with Crippen LogP contribution in [0.15, 0.2) is 0 Å². The first-order valence-electron chi connectivity index (χ1n) is 8.18. The molecule has 1 N–H and O–H groups in total. The summed E-state index contributed by atoms with van der Waals surface area (Å²) >= 11 is 1.93. The average Bonchev–Trinajstić information content (AvgIpc) is 2.99. The van der Waals surface area contributed by atoms with E-state index in [0.29, 0.717) is 12.0 Å². The van der Waals surface area contributed by atoms with Crippen LogP contribution in [0.2, 0.25) is 0 Å². The van der Waals surface area contributed by atoms with Gasteiger partial charge in [-0.15, -0.1) is 11.3 Å². The number of thiazole rings is 1. The van der Waals surface area contributed by atoms with Crippen LogP contribution >= 0.6 is 11.3 Å². The maximum Gasteiger partial charge on any atom is 0.186 e. The van der Waals surface area contributed by atoms with Crippen LogP contribution in [-0.4, -0.2) is 23.6 Å². The molecule has 112 valence electrons. The third-order valence-corrected chi connectivity index (χ3v) is 5.59. The van der Waals surface area contributed by atoms with Gasteiger partial charge in [0.15, 0.2) is 5.13 Å². The molecular formula is C16H27N3S. The molecule has 0 radical (unpaired) electrons. The third-order valence-electron chi connectivity index (χ3n) is 4.49. The number of rotatable bonds is 6. The third kappa shape index (κ3) is 3.01. The smallest absolute Gasteiger partial charge is 0.186 e. The molecule has 1 atom stereocenters. The molecule has 0 bridgehead atoms. The van der Waals surface area contributed by atoms with Crippen LogP contribution in [0.3, 0.4) is 0 Å². The normalized spacial score (nSPS) is 23.0. The lowest BCUT2D eigenvalue weighted by molar-refractivity contribution is 0.642. The number of nitrogens with zero attached hydrogens (tertiary/aromatic N) is 2. The number of aromatic nitrogens is 1. The summed E-state index contributed by atoms with van der Waals surface area (Å²) in [4.78, 5) is 9.01. The van der Waals surface area contributed by atoms with E-state index in [1.807, 2.05) is 11.3 Å². The van der Waals surface area contributed by atoms with Crippen molar-refractivity contribution in [2.24, 2.45) is 0 Å². The number of hydrogen-bond donors (Lipinski definition) is 1. The molecule has 3 rings (SSSR count). The van der Waals surface area contributed by atoms with Crippen LogP contribution in [0.1, 0.15) is 69.4 Å². The van der Waals surface area contributed by atoms with Gasteiger partial charge in [0.05, 0.1) is 5.69 Å². The minimum Gasteiger partial charge on any atom is -0.345 e. The summed E-state index contributed by atoms with van der Waals surface area (Å²) in [7, 11) is 0. The molecule has 1 saturated carbocycles. The zero-order chi connectivity index (χ0) is 14.1. The Morgan fingerprint density at radius 2 is 2.15 bits per heavy atom. The molecule has 3 nitrogen and oxygen atoms in total. The Labute approximate surface area is 126 Å². The topological polar surface area (TPSA) is 28.2 Å². The van der Waals surface area contributed by atoms with Crippen LogP contribution in [0.5, 0.6) is 0 Å². The molecule has 1 unspecified atom stereocenters. The van der Waals surface area contributed by atoms with E-state index in [0.717, 1.165) is 12.6 Å². The fraction of sp³-hybridized carbons (Fsp3) is 0.812. The Balaban J connectivity index is 1.78. The second-order valence-electron chi connectivity index (χ2n) is 6.51. The monoisotopic (exact) mass is 293 g/mol. The molecule has 1 saturated heterocycles. The van der Waals surface area contributed by atoms with E-state index in [9.17, 15) is 0 Å². The Morgan fingerprint density at radius 1 is 1.35 bits per heavy atom. The molecule has 2 aliphatic rings. The van der Waals surface area contributed by atoms with Gasteiger partial charge in [-0.1, -0.05) is 20.8 Å². The zero-order valence-corrected chi connectivity index (χ0v) is 13.8. The number of hydrogen-bond acceptors (Lipinski definition) is 4. The maximum absolute atomic E-state index is 4.99. The highest BCUT2D eigenvalue weighted by molar-refractivity contribution is 7.15. The van der Waals surface area contributed by atoms with Crippen molar-refractivity contribution in [1.29, 1.82) is 0 Å². The van der Waals surface area contributed by atoms with Gasteiger partial charge in [0.2, 0.25) is 0 Å². The standard InChI is InChI=1S/C16H27N3S/c1-4-13-6-5-9-19(13)16-18-15(11(2)3)14(20-16)10-17-12-7-8-12/h11-13,17H,4-10H2,1-3H3. The van der Waals surface area contributed by atoms with Crippen LogP contribution in [-0.2, 0) is 6.54 Å². The zero-order valence-electron chi connectivity index (χ0n) is 13.0. The van der Waals surface area contributed by atoms with Crippen molar-refractivity contribution in [2.45, 2.75) is 77.4 Å². The van der Waals surface area contributed by atoms with Crippen molar-refractivity contribution in [2.75, 3.05) is 11.4 Å². The minimum absolute atomic E-state index is 0.527. The van der Waals surface area contributed by atoms with Gasteiger partial charge in [0.25, 0.3) is 0 Å². The predicted molar refractivity (Wildman–Crippen MR) is 86.7 cm³/mol. The Hall–Kier alpha value is -0.610. The molecule has 2 fully saturated rings. The maximum atomic E-state index is 4.99. The van der Waals surface area contributed by atoms with Gasteiger partial charge in [0.1, 0.15) is 0 Å². The molecular weight excluding hydrogens is 266 g/mol. The minimum atomic E-state index is 0.527. The molecule has 2 heterocycles. The molecule has 0 aromatic carbocycles. The first-order valence-corrected chi connectivity index (χ1v) is 9.00. The van der Waals surface area contributed by atoms with Gasteiger partial charge in [-0.2, -0.15) is 0 Å². The lowest BCUT2D eigenvalue weighted by Crippen LogP contribution is -2.28. The largest absolute Gasteiger partial charge is 0.345 e. The summed E-state index contributed by atoms with van der Waals surface area (Å²) in [6, 6.07) is 1.49. The second kappa shape index (κ2) is 6.02. The van der Waals surface area contributed by atoms with Crippen molar-refractivity contribution in [3.63, 3.8) is 0 Å². The molecule has 4 heteroatoms. The molecule has 1 aromatic rings. The predicted octanol–water partition coefficient (Wildman–Crippen LogP) is 3.90. The van der Waals surface area contributed by atoms with Crippen LogP contribution < -0.4 is 10.2 Å². The first-order chi connectivity index (χ1) is 9.69. The molecule has 1 aromatic heterocycles. The van der Waals surface area contributed by atoms with E-state index in [4.69, 9.17) is 4.98 Å².